The molecule has 92 valence electrons. The van der Waals surface area contributed by atoms with Crippen LogP contribution in [0.5, 0.6) is 5.75 Å². The van der Waals surface area contributed by atoms with Gasteiger partial charge in [-0.2, -0.15) is 0 Å². The largest absolute Gasteiger partial charge is 0.497 e. The number of methoxy groups -OCH3 is 1. The van der Waals surface area contributed by atoms with Crippen molar-refractivity contribution in [3.05, 3.63) is 42.0 Å². The summed E-state index contributed by atoms with van der Waals surface area (Å²) in [6.07, 6.45) is 1.25. The van der Waals surface area contributed by atoms with E-state index in [-0.39, 0.29) is 5.91 Å². The maximum Gasteiger partial charge on any atom is 0.220 e. The number of rotatable bonds is 6. The average Bonchev–Trinajstić information content (AvgIpc) is 2.34. The molecule has 0 aliphatic rings. The van der Waals surface area contributed by atoms with E-state index in [1.807, 2.05) is 31.2 Å². The zero-order valence-electron chi connectivity index (χ0n) is 10.5. The number of ether oxygens (including phenoxy) is 1. The zero-order valence-corrected chi connectivity index (χ0v) is 10.5. The molecule has 1 aromatic carbocycles. The van der Waals surface area contributed by atoms with E-state index in [9.17, 15) is 4.79 Å². The fourth-order valence-electron chi connectivity index (χ4n) is 1.36. The molecule has 1 N–H and O–H groups in total. The maximum absolute atomic E-state index is 11.5. The van der Waals surface area contributed by atoms with E-state index in [0.717, 1.165) is 23.3 Å². The van der Waals surface area contributed by atoms with Crippen LogP contribution in [0.1, 0.15) is 25.3 Å². The van der Waals surface area contributed by atoms with E-state index in [4.69, 9.17) is 4.74 Å². The van der Waals surface area contributed by atoms with E-state index >= 15 is 0 Å². The van der Waals surface area contributed by atoms with Crippen molar-refractivity contribution in [2.75, 3.05) is 7.11 Å². The molecule has 0 saturated heterocycles. The van der Waals surface area contributed by atoms with Crippen LogP contribution in [0.3, 0.4) is 0 Å². The van der Waals surface area contributed by atoms with Crippen molar-refractivity contribution in [1.29, 1.82) is 0 Å². The summed E-state index contributed by atoms with van der Waals surface area (Å²) < 4.78 is 5.06. The number of allylic oxidation sites excluding steroid dienone is 1. The maximum atomic E-state index is 11.5. The lowest BCUT2D eigenvalue weighted by Crippen LogP contribution is -2.22. The molecule has 0 aliphatic heterocycles. The number of amides is 1. The van der Waals surface area contributed by atoms with Crippen LogP contribution in [0.25, 0.3) is 0 Å². The minimum absolute atomic E-state index is 0.0591. The Morgan fingerprint density at radius 1 is 1.29 bits per heavy atom. The Bertz CT molecular complexity index is 382. The summed E-state index contributed by atoms with van der Waals surface area (Å²) in [4.78, 5) is 11.5. The van der Waals surface area contributed by atoms with E-state index in [0.29, 0.717) is 13.0 Å². The highest BCUT2D eigenvalue weighted by atomic mass is 16.5. The second-order valence-electron chi connectivity index (χ2n) is 4.08. The lowest BCUT2D eigenvalue weighted by atomic mass is 10.2. The Labute approximate surface area is 102 Å². The summed E-state index contributed by atoms with van der Waals surface area (Å²) in [5.41, 5.74) is 2.10. The summed E-state index contributed by atoms with van der Waals surface area (Å²) in [5.74, 6) is 0.881. The van der Waals surface area contributed by atoms with Crippen molar-refractivity contribution in [1.82, 2.24) is 5.32 Å². The van der Waals surface area contributed by atoms with Gasteiger partial charge in [0, 0.05) is 13.0 Å². The smallest absolute Gasteiger partial charge is 0.220 e. The van der Waals surface area contributed by atoms with Crippen LogP contribution in [-0.2, 0) is 11.3 Å². The average molecular weight is 233 g/mol. The molecule has 1 amide bonds. The first-order valence-corrected chi connectivity index (χ1v) is 5.66. The Morgan fingerprint density at radius 2 is 1.94 bits per heavy atom. The standard InChI is InChI=1S/C14H19NO2/c1-11(2)4-9-14(16)15-10-12-5-7-13(17-3)8-6-12/h5-8H,1,4,9-10H2,2-3H3,(H,15,16). The minimum atomic E-state index is 0.0591. The molecule has 0 aliphatic carbocycles. The van der Waals surface area contributed by atoms with E-state index < -0.39 is 0 Å². The number of benzene rings is 1. The van der Waals surface area contributed by atoms with Gasteiger partial charge in [-0.25, -0.2) is 0 Å². The second kappa shape index (κ2) is 6.74. The Morgan fingerprint density at radius 3 is 2.47 bits per heavy atom. The van der Waals surface area contributed by atoms with Gasteiger partial charge in [0.2, 0.25) is 5.91 Å². The number of hydrogen-bond donors (Lipinski definition) is 1. The summed E-state index contributed by atoms with van der Waals surface area (Å²) in [6.45, 7) is 6.25. The minimum Gasteiger partial charge on any atom is -0.497 e. The third kappa shape index (κ3) is 5.20. The number of hydrogen-bond acceptors (Lipinski definition) is 2. The van der Waals surface area contributed by atoms with Crippen molar-refractivity contribution in [3.8, 4) is 5.75 Å². The number of carbonyl (C=O) groups excluding carboxylic acids is 1. The van der Waals surface area contributed by atoms with Gasteiger partial charge in [0.1, 0.15) is 5.75 Å². The van der Waals surface area contributed by atoms with E-state index in [2.05, 4.69) is 11.9 Å². The number of nitrogens with one attached hydrogen (secondary N) is 1. The molecule has 17 heavy (non-hydrogen) atoms. The molecular weight excluding hydrogens is 214 g/mol. The Balaban J connectivity index is 2.34. The van der Waals surface area contributed by atoms with Crippen molar-refractivity contribution >= 4 is 5.91 Å². The monoisotopic (exact) mass is 233 g/mol. The van der Waals surface area contributed by atoms with Crippen LogP contribution < -0.4 is 10.1 Å². The Hall–Kier alpha value is -1.77. The molecular formula is C14H19NO2. The highest BCUT2D eigenvalue weighted by molar-refractivity contribution is 5.76. The van der Waals surface area contributed by atoms with Crippen LogP contribution >= 0.6 is 0 Å². The summed E-state index contributed by atoms with van der Waals surface area (Å²) in [7, 11) is 1.63. The quantitative estimate of drug-likeness (QED) is 0.767. The van der Waals surface area contributed by atoms with Crippen LogP contribution in [0.4, 0.5) is 0 Å². The predicted octanol–water partition coefficient (Wildman–Crippen LogP) is 2.67. The van der Waals surface area contributed by atoms with E-state index in [1.54, 1.807) is 7.11 Å². The van der Waals surface area contributed by atoms with Gasteiger partial charge in [-0.15, -0.1) is 6.58 Å². The van der Waals surface area contributed by atoms with Crippen LogP contribution in [0, 0.1) is 0 Å². The van der Waals surface area contributed by atoms with Crippen LogP contribution in [0.2, 0.25) is 0 Å². The van der Waals surface area contributed by atoms with Crippen molar-refractivity contribution < 1.29 is 9.53 Å². The third-order valence-corrected chi connectivity index (χ3v) is 2.43. The molecule has 0 saturated carbocycles. The SMILES string of the molecule is C=C(C)CCC(=O)NCc1ccc(OC)cc1. The molecule has 0 aromatic heterocycles. The fraction of sp³-hybridized carbons (Fsp3) is 0.357. The molecule has 0 heterocycles. The summed E-state index contributed by atoms with van der Waals surface area (Å²) in [6, 6.07) is 7.65. The molecule has 0 bridgehead atoms. The van der Waals surface area contributed by atoms with Gasteiger partial charge in [-0.1, -0.05) is 17.7 Å². The topological polar surface area (TPSA) is 38.3 Å². The molecule has 1 rings (SSSR count). The predicted molar refractivity (Wildman–Crippen MR) is 68.9 cm³/mol. The molecule has 0 atom stereocenters. The molecule has 0 radical (unpaired) electrons. The molecule has 0 spiro atoms. The summed E-state index contributed by atoms with van der Waals surface area (Å²) in [5, 5.41) is 2.87. The molecule has 0 unspecified atom stereocenters. The molecule has 0 fully saturated rings. The van der Waals surface area contributed by atoms with Crippen LogP contribution in [0.15, 0.2) is 36.4 Å². The van der Waals surface area contributed by atoms with Crippen molar-refractivity contribution in [2.24, 2.45) is 0 Å². The third-order valence-electron chi connectivity index (χ3n) is 2.43. The molecule has 1 aromatic rings. The summed E-state index contributed by atoms with van der Waals surface area (Å²) >= 11 is 0. The lowest BCUT2D eigenvalue weighted by Gasteiger charge is -2.06. The van der Waals surface area contributed by atoms with Gasteiger partial charge < -0.3 is 10.1 Å². The van der Waals surface area contributed by atoms with E-state index in [1.165, 1.54) is 0 Å². The molecule has 3 nitrogen and oxygen atoms in total. The van der Waals surface area contributed by atoms with Crippen molar-refractivity contribution in [2.45, 2.75) is 26.3 Å². The molecule has 3 heteroatoms. The van der Waals surface area contributed by atoms with Gasteiger partial charge in [0.05, 0.1) is 7.11 Å². The number of carbonyl (C=O) groups is 1. The van der Waals surface area contributed by atoms with Crippen molar-refractivity contribution in [3.63, 3.8) is 0 Å². The van der Waals surface area contributed by atoms with Gasteiger partial charge in [0.15, 0.2) is 0 Å². The lowest BCUT2D eigenvalue weighted by molar-refractivity contribution is -0.121. The Kier molecular flexibility index (Phi) is 5.27. The van der Waals surface area contributed by atoms with Crippen LogP contribution in [-0.4, -0.2) is 13.0 Å². The highest BCUT2D eigenvalue weighted by Crippen LogP contribution is 2.11. The first-order valence-electron chi connectivity index (χ1n) is 5.66. The first kappa shape index (κ1) is 13.3. The van der Waals surface area contributed by atoms with Gasteiger partial charge >= 0.3 is 0 Å². The fourth-order valence-corrected chi connectivity index (χ4v) is 1.36. The first-order chi connectivity index (χ1) is 8.11. The van der Waals surface area contributed by atoms with Gasteiger partial charge in [-0.3, -0.25) is 4.79 Å². The second-order valence-corrected chi connectivity index (χ2v) is 4.08. The van der Waals surface area contributed by atoms with Gasteiger partial charge in [-0.05, 0) is 31.0 Å². The highest BCUT2D eigenvalue weighted by Gasteiger charge is 2.01. The van der Waals surface area contributed by atoms with Gasteiger partial charge in [0.25, 0.3) is 0 Å². The zero-order chi connectivity index (χ0) is 12.7. The normalized spacial score (nSPS) is 9.76.